The number of halogens is 1. The van der Waals surface area contributed by atoms with Crippen molar-refractivity contribution in [3.05, 3.63) is 34.6 Å². The number of likely N-dealkylation sites (tertiary alicyclic amines) is 1. The molecule has 216 valence electrons. The van der Waals surface area contributed by atoms with Crippen LogP contribution in [0.25, 0.3) is 0 Å². The monoisotopic (exact) mass is 539 g/mol. The average Bonchev–Trinajstić information content (AvgIpc) is 3.80. The van der Waals surface area contributed by atoms with Gasteiger partial charge in [-0.05, 0) is 131 Å². The van der Waals surface area contributed by atoms with Crippen LogP contribution in [0.1, 0.15) is 84.5 Å². The Morgan fingerprint density at radius 1 is 1.05 bits per heavy atom. The van der Waals surface area contributed by atoms with E-state index in [0.717, 1.165) is 44.1 Å². The topological polar surface area (TPSA) is 44.8 Å². The number of nitrogens with zero attached hydrogens (tertiary/aromatic N) is 2. The molecule has 3 aliphatic heterocycles. The van der Waals surface area contributed by atoms with Crippen molar-refractivity contribution in [2.24, 2.45) is 23.7 Å². The first-order chi connectivity index (χ1) is 18.9. The van der Waals surface area contributed by atoms with Gasteiger partial charge in [-0.15, -0.1) is 0 Å². The molecule has 0 spiro atoms. The molecule has 6 heteroatoms. The molecular weight excluding hydrogens is 489 g/mol. The van der Waals surface area contributed by atoms with Crippen LogP contribution in [0.4, 0.5) is 4.39 Å². The summed E-state index contributed by atoms with van der Waals surface area (Å²) in [5.74, 6) is 2.81. The normalized spacial score (nSPS) is 37.0. The highest BCUT2D eigenvalue weighted by atomic mass is 19.1. The molecule has 6 aliphatic rings. The molecule has 0 radical (unpaired) electrons. The molecule has 0 amide bonds. The van der Waals surface area contributed by atoms with E-state index in [2.05, 4.69) is 41.1 Å². The van der Waals surface area contributed by atoms with Gasteiger partial charge in [-0.25, -0.2) is 9.18 Å². The van der Waals surface area contributed by atoms with E-state index >= 15 is 0 Å². The number of nitrogens with one attached hydrogen (secondary N) is 1. The number of carbonyl (C=O) groups excluding carboxylic acids is 1. The Labute approximate surface area is 235 Å². The minimum Gasteiger partial charge on any atom is -0.467 e. The number of carbonyl (C=O) groups is 1. The zero-order valence-corrected chi connectivity index (χ0v) is 24.5. The van der Waals surface area contributed by atoms with Crippen molar-refractivity contribution in [2.45, 2.75) is 109 Å². The lowest BCUT2D eigenvalue weighted by atomic mass is 9.70. The molecule has 1 N–H and O–H groups in total. The van der Waals surface area contributed by atoms with Gasteiger partial charge < -0.3 is 15.0 Å². The lowest BCUT2D eigenvalue weighted by Crippen LogP contribution is -2.54. The minimum absolute atomic E-state index is 0.132. The highest BCUT2D eigenvalue weighted by Gasteiger charge is 2.41. The second kappa shape index (κ2) is 11.7. The van der Waals surface area contributed by atoms with Gasteiger partial charge in [0.05, 0.1) is 7.11 Å². The largest absolute Gasteiger partial charge is 0.467 e. The summed E-state index contributed by atoms with van der Waals surface area (Å²) >= 11 is 0. The van der Waals surface area contributed by atoms with Crippen LogP contribution in [0.2, 0.25) is 0 Å². The van der Waals surface area contributed by atoms with E-state index in [1.54, 1.807) is 5.57 Å². The van der Waals surface area contributed by atoms with Gasteiger partial charge in [-0.2, -0.15) is 0 Å². The van der Waals surface area contributed by atoms with Crippen molar-refractivity contribution < 1.29 is 13.9 Å². The van der Waals surface area contributed by atoms with Crippen LogP contribution >= 0.6 is 0 Å². The van der Waals surface area contributed by atoms with Crippen LogP contribution in [-0.2, 0) is 9.53 Å². The smallest absolute Gasteiger partial charge is 0.328 e. The third-order valence-corrected chi connectivity index (χ3v) is 11.1. The van der Waals surface area contributed by atoms with E-state index in [-0.39, 0.29) is 12.0 Å². The van der Waals surface area contributed by atoms with E-state index in [1.807, 2.05) is 0 Å². The van der Waals surface area contributed by atoms with Gasteiger partial charge in [0, 0.05) is 30.9 Å². The number of hydrogen-bond acceptors (Lipinski definition) is 5. The fourth-order valence-corrected chi connectivity index (χ4v) is 8.54. The Hall–Kier alpha value is -1.66. The molecule has 1 saturated carbocycles. The Balaban J connectivity index is 1.03. The van der Waals surface area contributed by atoms with E-state index in [1.165, 1.54) is 75.7 Å². The molecule has 0 aromatic carbocycles. The summed E-state index contributed by atoms with van der Waals surface area (Å²) in [7, 11) is 1.48. The Morgan fingerprint density at radius 3 is 2.54 bits per heavy atom. The summed E-state index contributed by atoms with van der Waals surface area (Å²) in [4.78, 5) is 17.6. The summed E-state index contributed by atoms with van der Waals surface area (Å²) in [6.07, 6.45) is 16.0. The average molecular weight is 540 g/mol. The fourth-order valence-electron chi connectivity index (χ4n) is 8.54. The third-order valence-electron chi connectivity index (χ3n) is 11.1. The Bertz CT molecular complexity index is 1010. The predicted octanol–water partition coefficient (Wildman–Crippen LogP) is 5.78. The molecular formula is C33H50FN3O2. The number of piperidine rings is 1. The van der Waals surface area contributed by atoms with Gasteiger partial charge in [0.15, 0.2) is 0 Å². The van der Waals surface area contributed by atoms with Gasteiger partial charge >= 0.3 is 5.97 Å². The summed E-state index contributed by atoms with van der Waals surface area (Å²) < 4.78 is 18.8. The third kappa shape index (κ3) is 5.88. The lowest BCUT2D eigenvalue weighted by Gasteiger charge is -2.47. The van der Waals surface area contributed by atoms with Crippen molar-refractivity contribution in [1.82, 2.24) is 15.1 Å². The first kappa shape index (κ1) is 27.5. The van der Waals surface area contributed by atoms with Gasteiger partial charge in [0.2, 0.25) is 0 Å². The Kier molecular flexibility index (Phi) is 8.24. The molecule has 3 heterocycles. The molecule has 0 aromatic rings. The van der Waals surface area contributed by atoms with Crippen molar-refractivity contribution in [2.75, 3.05) is 33.3 Å². The van der Waals surface area contributed by atoms with Crippen LogP contribution in [0, 0.1) is 23.7 Å². The molecule has 6 atom stereocenters. The molecule has 39 heavy (non-hydrogen) atoms. The molecule has 6 rings (SSSR count). The zero-order valence-electron chi connectivity index (χ0n) is 24.5. The van der Waals surface area contributed by atoms with Crippen LogP contribution in [0.15, 0.2) is 34.6 Å². The maximum absolute atomic E-state index is 13.8. The van der Waals surface area contributed by atoms with Crippen molar-refractivity contribution in [3.8, 4) is 0 Å². The molecule has 1 saturated heterocycles. The second-order valence-electron chi connectivity index (χ2n) is 13.5. The van der Waals surface area contributed by atoms with Crippen LogP contribution < -0.4 is 5.32 Å². The number of methoxy groups -OCH3 is 1. The minimum atomic E-state index is -0.629. The highest BCUT2D eigenvalue weighted by molar-refractivity contribution is 5.76. The summed E-state index contributed by atoms with van der Waals surface area (Å²) in [6, 6.07) is 0.945. The molecule has 0 aromatic heterocycles. The van der Waals surface area contributed by atoms with Crippen molar-refractivity contribution in [3.63, 3.8) is 0 Å². The van der Waals surface area contributed by atoms with Gasteiger partial charge in [0.25, 0.3) is 0 Å². The Morgan fingerprint density at radius 2 is 1.85 bits per heavy atom. The van der Waals surface area contributed by atoms with Crippen LogP contribution in [0.5, 0.6) is 0 Å². The second-order valence-corrected chi connectivity index (χ2v) is 13.5. The van der Waals surface area contributed by atoms with Crippen LogP contribution in [0.3, 0.4) is 0 Å². The molecule has 3 aliphatic carbocycles. The number of ether oxygens (including phenoxy) is 1. The molecule has 5 nitrogen and oxygen atoms in total. The molecule has 1 unspecified atom stereocenters. The lowest BCUT2D eigenvalue weighted by molar-refractivity contribution is -0.143. The quantitative estimate of drug-likeness (QED) is 0.434. The number of allylic oxidation sites excluding steroid dienone is 4. The summed E-state index contributed by atoms with van der Waals surface area (Å²) in [5.41, 5.74) is 5.91. The predicted molar refractivity (Wildman–Crippen MR) is 154 cm³/mol. The number of hydrogen-bond donors (Lipinski definition) is 1. The van der Waals surface area contributed by atoms with Gasteiger partial charge in [0.1, 0.15) is 12.2 Å². The molecule has 0 bridgehead atoms. The maximum Gasteiger partial charge on any atom is 0.328 e. The van der Waals surface area contributed by atoms with Crippen molar-refractivity contribution >= 4 is 5.97 Å². The zero-order chi connectivity index (χ0) is 27.1. The standard InChI is InChI=1S/C33H50FN3O2/c1-21-18-29(24-6-8-26(34)9-7-24)30(23-4-5-23)19-25(21)20-36-15-12-27(13-16-36)37-17-14-31-28(22(37)2)10-11-32(35-31)33(38)39-3/h6,18,21-23,25-27,30,32,35H,4-5,7-17,19-20H2,1-3H3/t21?,22-,25+,26+,30-,32-/m1/s1. The van der Waals surface area contributed by atoms with E-state index in [4.69, 9.17) is 4.74 Å². The van der Waals surface area contributed by atoms with E-state index in [9.17, 15) is 9.18 Å². The fraction of sp³-hybridized carbons (Fsp3) is 0.788. The number of alkyl halides is 1. The first-order valence-corrected chi connectivity index (χ1v) is 16.0. The number of esters is 1. The van der Waals surface area contributed by atoms with Gasteiger partial charge in [-0.1, -0.05) is 19.1 Å². The molecule has 2 fully saturated rings. The summed E-state index contributed by atoms with van der Waals surface area (Å²) in [5, 5.41) is 3.50. The SMILES string of the molecule is COC(=O)[C@H]1CCC2=C(CCN(C3CCN(C[C@@H]4C[C@H](C5CC5)C(C5=CC[C@H](F)CC5)=CC4C)CC3)[C@@H]2C)N1. The van der Waals surface area contributed by atoms with Crippen LogP contribution in [-0.4, -0.2) is 73.4 Å². The van der Waals surface area contributed by atoms with Crippen molar-refractivity contribution in [1.29, 1.82) is 0 Å². The maximum atomic E-state index is 13.8. The highest BCUT2D eigenvalue weighted by Crippen LogP contribution is 2.50. The number of rotatable bonds is 6. The van der Waals surface area contributed by atoms with E-state index < -0.39 is 6.17 Å². The van der Waals surface area contributed by atoms with Gasteiger partial charge in [-0.3, -0.25) is 4.90 Å². The summed E-state index contributed by atoms with van der Waals surface area (Å²) in [6.45, 7) is 9.55. The first-order valence-electron chi connectivity index (χ1n) is 16.0. The van der Waals surface area contributed by atoms with E-state index in [0.29, 0.717) is 36.8 Å².